The molecule has 4 rings (SSSR count). The molecule has 19 atom stereocenters. The smallest absolute Gasteiger partial charge is 0.334 e. The highest BCUT2D eigenvalue weighted by Crippen LogP contribution is 2.46. The van der Waals surface area contributed by atoms with Crippen molar-refractivity contribution in [3.63, 3.8) is 0 Å². The Morgan fingerprint density at radius 2 is 1.54 bits per heavy atom. The Morgan fingerprint density at radius 3 is 2.12 bits per heavy atom. The first-order chi connectivity index (χ1) is 27.4. The fourth-order valence-corrected chi connectivity index (χ4v) is 10.3. The predicted octanol–water partition coefficient (Wildman–Crippen LogP) is 3.20. The van der Waals surface area contributed by atoms with Gasteiger partial charge in [-0.25, -0.2) is 4.79 Å². The van der Waals surface area contributed by atoms with Gasteiger partial charge in [-0.15, -0.1) is 0 Å². The first-order valence-electron chi connectivity index (χ1n) is 21.6. The Kier molecular flexibility index (Phi) is 16.4. The van der Waals surface area contributed by atoms with Crippen LogP contribution in [0, 0.1) is 35.5 Å². The van der Waals surface area contributed by atoms with Crippen LogP contribution in [-0.2, 0) is 47.5 Å². The third-order valence-corrected chi connectivity index (χ3v) is 14.2. The number of nitrogens with zero attached hydrogens (tertiary/aromatic N) is 1. The Labute approximate surface area is 351 Å². The summed E-state index contributed by atoms with van der Waals surface area (Å²) >= 11 is 0. The van der Waals surface area contributed by atoms with Gasteiger partial charge in [-0.2, -0.15) is 0 Å². The monoisotopic (exact) mass is 842 g/mol. The Morgan fingerprint density at radius 1 is 0.915 bits per heavy atom. The second-order valence-corrected chi connectivity index (χ2v) is 18.6. The molecule has 1 aliphatic carbocycles. The Balaban J connectivity index is 1.82. The van der Waals surface area contributed by atoms with E-state index in [1.807, 2.05) is 38.8 Å². The predicted molar refractivity (Wildman–Crippen MR) is 217 cm³/mol. The maximum atomic E-state index is 14.5. The summed E-state index contributed by atoms with van der Waals surface area (Å²) in [6, 6.07) is -0.429. The van der Waals surface area contributed by atoms with Gasteiger partial charge in [0.2, 0.25) is 0 Å². The zero-order valence-electron chi connectivity index (χ0n) is 37.9. The second kappa shape index (κ2) is 19.6. The van der Waals surface area contributed by atoms with Crippen LogP contribution in [0.15, 0.2) is 11.6 Å². The number of likely N-dealkylation sites (N-methyl/N-ethyl adjacent to an activating group) is 1. The van der Waals surface area contributed by atoms with Crippen LogP contribution in [0.1, 0.15) is 102 Å². The van der Waals surface area contributed by atoms with E-state index in [-0.39, 0.29) is 49.6 Å². The molecule has 0 bridgehead atoms. The molecule has 3 saturated heterocycles. The van der Waals surface area contributed by atoms with E-state index in [0.29, 0.717) is 18.5 Å². The largest absolute Gasteiger partial charge is 0.463 e. The lowest BCUT2D eigenvalue weighted by atomic mass is 9.67. The van der Waals surface area contributed by atoms with Crippen molar-refractivity contribution in [2.45, 2.75) is 180 Å². The van der Waals surface area contributed by atoms with Crippen molar-refractivity contribution in [3.8, 4) is 0 Å². The molecule has 4 aliphatic rings. The number of hydrogen-bond acceptors (Lipinski definition) is 15. The number of ether oxygens (including phenoxy) is 7. The van der Waals surface area contributed by atoms with Crippen molar-refractivity contribution in [2.24, 2.45) is 35.5 Å². The number of carbonyl (C=O) groups is 3. The van der Waals surface area contributed by atoms with Crippen LogP contribution in [0.25, 0.3) is 0 Å². The molecule has 0 amide bonds. The Hall–Kier alpha value is -2.05. The summed E-state index contributed by atoms with van der Waals surface area (Å²) in [6.07, 6.45) is -6.01. The lowest BCUT2D eigenvalue weighted by molar-refractivity contribution is -0.305. The molecule has 3 heterocycles. The fourth-order valence-electron chi connectivity index (χ4n) is 10.3. The van der Waals surface area contributed by atoms with E-state index in [1.54, 1.807) is 48.5 Å². The highest BCUT2D eigenvalue weighted by atomic mass is 16.7. The SMILES string of the molecule is CCOC(=O)C1=C[C@@H]1CN(C)[C@H]1C[C@@H](C)O[C@@H](O[C@@H]2[C@@H](C)C([C@H]3C[C@@](C)(OC)[C@@H](O)[C@H](C)O3)[C@@H](C)C(=O)O[C@H](CC)[C@@](C)(O)[C@H](O)[C@@H](C)C(=O)[C@H](C)C[C@@]2(C)OC)[C@@H]1O. The lowest BCUT2D eigenvalue weighted by Crippen LogP contribution is -2.62. The molecule has 0 saturated carbocycles. The molecule has 1 unspecified atom stereocenters. The number of Topliss-reactive ketones (excluding diaryl/α,β-unsaturated/α-hetero) is 1. The lowest BCUT2D eigenvalue weighted by Gasteiger charge is -2.52. The number of rotatable bonds is 11. The van der Waals surface area contributed by atoms with E-state index in [0.717, 1.165) is 0 Å². The van der Waals surface area contributed by atoms with Crippen LogP contribution in [0.4, 0.5) is 0 Å². The number of aliphatic hydroxyl groups is 4. The molecule has 15 heteroatoms. The highest BCUT2D eigenvalue weighted by molar-refractivity contribution is 5.94. The molecule has 15 nitrogen and oxygen atoms in total. The summed E-state index contributed by atoms with van der Waals surface area (Å²) in [4.78, 5) is 43.0. The summed E-state index contributed by atoms with van der Waals surface area (Å²) in [5.41, 5.74) is -3.69. The van der Waals surface area contributed by atoms with Crippen molar-refractivity contribution >= 4 is 17.7 Å². The maximum absolute atomic E-state index is 14.5. The average molecular weight is 842 g/mol. The van der Waals surface area contributed by atoms with Gasteiger partial charge in [0.1, 0.15) is 29.7 Å². The van der Waals surface area contributed by atoms with Crippen LogP contribution in [0.2, 0.25) is 0 Å². The van der Waals surface area contributed by atoms with Crippen LogP contribution >= 0.6 is 0 Å². The molecule has 3 fully saturated rings. The third kappa shape index (κ3) is 10.4. The van der Waals surface area contributed by atoms with Crippen molar-refractivity contribution in [2.75, 3.05) is 34.4 Å². The van der Waals surface area contributed by atoms with Crippen molar-refractivity contribution < 1.29 is 68.0 Å². The zero-order valence-corrected chi connectivity index (χ0v) is 37.9. The van der Waals surface area contributed by atoms with E-state index in [9.17, 15) is 34.8 Å². The van der Waals surface area contributed by atoms with Gasteiger partial charge in [0.05, 0.1) is 54.2 Å². The molecule has 0 radical (unpaired) electrons. The van der Waals surface area contributed by atoms with Gasteiger partial charge < -0.3 is 53.6 Å². The van der Waals surface area contributed by atoms with E-state index in [4.69, 9.17) is 33.2 Å². The van der Waals surface area contributed by atoms with Gasteiger partial charge >= 0.3 is 11.9 Å². The van der Waals surface area contributed by atoms with E-state index < -0.39 is 107 Å². The van der Waals surface area contributed by atoms with Gasteiger partial charge in [0, 0.05) is 62.5 Å². The molecule has 0 spiro atoms. The standard InChI is InChI=1S/C44H75NO14/c1-15-32-44(11,52)36(48)26(7)34(46)22(3)19-43(10,54-14)38(24(5)33(25(6)39(50)58-32)31-20-42(9,53-13)37(49)27(8)57-31)59-41-35(47)30(17-23(4)56-41)45(12)21-28-18-29(28)40(51)55-16-2/h18,22-28,30-33,35-38,41,47-49,52H,15-17,19-21H2,1-14H3/t22-,23-,24+,25-,26+,27+,28-,30+,31-,32-,33?,35-,36-,37+,38-,41+,42-,43-,44-/m1/s1. The minimum atomic E-state index is -1.97. The van der Waals surface area contributed by atoms with Gasteiger partial charge in [-0.05, 0) is 73.8 Å². The number of esters is 2. The zero-order chi connectivity index (χ0) is 44.5. The normalized spacial score (nSPS) is 46.6. The summed E-state index contributed by atoms with van der Waals surface area (Å²) < 4.78 is 43.5. The molecule has 3 aliphatic heterocycles. The second-order valence-electron chi connectivity index (χ2n) is 18.6. The minimum Gasteiger partial charge on any atom is -0.463 e. The molecule has 0 aromatic carbocycles. The maximum Gasteiger partial charge on any atom is 0.334 e. The summed E-state index contributed by atoms with van der Waals surface area (Å²) in [7, 11) is 4.92. The van der Waals surface area contributed by atoms with Gasteiger partial charge in [-0.1, -0.05) is 40.7 Å². The average Bonchev–Trinajstić information content (AvgIpc) is 3.96. The number of aliphatic hydroxyl groups excluding tert-OH is 3. The summed E-state index contributed by atoms with van der Waals surface area (Å²) in [5, 5.41) is 46.6. The fraction of sp³-hybridized carbons (Fsp3) is 0.886. The molecule has 4 N–H and O–H groups in total. The first kappa shape index (κ1) is 49.6. The number of carbonyl (C=O) groups excluding carboxylic acids is 3. The van der Waals surface area contributed by atoms with Crippen LogP contribution in [0.5, 0.6) is 0 Å². The molecule has 340 valence electrons. The van der Waals surface area contributed by atoms with Crippen molar-refractivity contribution in [3.05, 3.63) is 11.6 Å². The number of hydrogen-bond donors (Lipinski definition) is 4. The third-order valence-electron chi connectivity index (χ3n) is 14.2. The number of cyclic esters (lactones) is 1. The summed E-state index contributed by atoms with van der Waals surface area (Å²) in [6.45, 7) is 19.8. The topological polar surface area (TPSA) is 200 Å². The molecule has 0 aromatic heterocycles. The summed E-state index contributed by atoms with van der Waals surface area (Å²) in [5.74, 6) is -5.47. The van der Waals surface area contributed by atoms with E-state index in [1.165, 1.54) is 21.1 Å². The Bertz CT molecular complexity index is 1490. The van der Waals surface area contributed by atoms with E-state index >= 15 is 0 Å². The quantitative estimate of drug-likeness (QED) is 0.221. The number of ketones is 1. The minimum absolute atomic E-state index is 0.0986. The van der Waals surface area contributed by atoms with Crippen molar-refractivity contribution in [1.29, 1.82) is 0 Å². The van der Waals surface area contributed by atoms with E-state index in [2.05, 4.69) is 0 Å². The van der Waals surface area contributed by atoms with Crippen LogP contribution < -0.4 is 0 Å². The van der Waals surface area contributed by atoms with Crippen LogP contribution in [-0.4, -0.2) is 155 Å². The van der Waals surface area contributed by atoms with Crippen LogP contribution in [0.3, 0.4) is 0 Å². The van der Waals surface area contributed by atoms with Gasteiger partial charge in [0.15, 0.2) is 6.29 Å². The molecular formula is C44H75NO14. The number of methoxy groups -OCH3 is 2. The van der Waals surface area contributed by atoms with Gasteiger partial charge in [-0.3, -0.25) is 14.5 Å². The van der Waals surface area contributed by atoms with Gasteiger partial charge in [0.25, 0.3) is 0 Å². The molecular weight excluding hydrogens is 766 g/mol. The molecule has 0 aromatic rings. The molecule has 59 heavy (non-hydrogen) atoms. The first-order valence-corrected chi connectivity index (χ1v) is 21.6. The van der Waals surface area contributed by atoms with Crippen molar-refractivity contribution in [1.82, 2.24) is 4.90 Å². The highest BCUT2D eigenvalue weighted by Gasteiger charge is 2.56.